The maximum Gasteiger partial charge on any atom is 0.0677 e. The average Bonchev–Trinajstić information content (AvgIpc) is 2.35. The van der Waals surface area contributed by atoms with Crippen LogP contribution in [0.2, 0.25) is 0 Å². The van der Waals surface area contributed by atoms with E-state index in [4.69, 9.17) is 4.74 Å². The molecule has 0 aliphatic carbocycles. The Morgan fingerprint density at radius 1 is 1.18 bits per heavy atom. The number of nitrogens with one attached hydrogen (secondary N) is 1. The molecule has 0 bridgehead atoms. The molecule has 2 nitrogen and oxygen atoms in total. The smallest absolute Gasteiger partial charge is 0.0677 e. The Morgan fingerprint density at radius 3 is 2.12 bits per heavy atom. The minimum absolute atomic E-state index is 0.00580. The molecule has 1 aliphatic rings. The number of hydrogen-bond acceptors (Lipinski definition) is 2. The van der Waals surface area contributed by atoms with Gasteiger partial charge in [0.2, 0.25) is 0 Å². The Balaban J connectivity index is 2.68. The molecule has 1 aliphatic heterocycles. The molecule has 0 aromatic rings. The van der Waals surface area contributed by atoms with Gasteiger partial charge in [0.25, 0.3) is 0 Å². The van der Waals surface area contributed by atoms with Gasteiger partial charge < -0.3 is 10.1 Å². The zero-order chi connectivity index (χ0) is 13.3. The summed E-state index contributed by atoms with van der Waals surface area (Å²) in [5.41, 5.74) is 0.0231. The van der Waals surface area contributed by atoms with Crippen molar-refractivity contribution < 1.29 is 4.74 Å². The van der Waals surface area contributed by atoms with Crippen molar-refractivity contribution in [2.75, 3.05) is 7.05 Å². The highest BCUT2D eigenvalue weighted by molar-refractivity contribution is 4.99. The first kappa shape index (κ1) is 15.0. The van der Waals surface area contributed by atoms with Crippen LogP contribution in [0.5, 0.6) is 0 Å². The van der Waals surface area contributed by atoms with Crippen LogP contribution in [-0.4, -0.2) is 24.3 Å². The molecule has 0 saturated carbocycles. The third-order valence-electron chi connectivity index (χ3n) is 4.06. The molecule has 1 saturated heterocycles. The van der Waals surface area contributed by atoms with E-state index < -0.39 is 0 Å². The van der Waals surface area contributed by atoms with Crippen molar-refractivity contribution >= 4 is 0 Å². The highest BCUT2D eigenvalue weighted by atomic mass is 16.5. The first-order valence-corrected chi connectivity index (χ1v) is 7.05. The molecule has 0 aromatic carbocycles. The van der Waals surface area contributed by atoms with Gasteiger partial charge in [-0.1, -0.05) is 13.8 Å². The van der Waals surface area contributed by atoms with Gasteiger partial charge in [-0.15, -0.1) is 0 Å². The summed E-state index contributed by atoms with van der Waals surface area (Å²) in [5, 5.41) is 3.51. The molecular formula is C15H31NO. The highest BCUT2D eigenvalue weighted by Crippen LogP contribution is 2.44. The monoisotopic (exact) mass is 241 g/mol. The molecule has 1 fully saturated rings. The van der Waals surface area contributed by atoms with Crippen molar-refractivity contribution in [1.29, 1.82) is 0 Å². The number of rotatable bonds is 5. The van der Waals surface area contributed by atoms with Crippen molar-refractivity contribution in [2.45, 2.75) is 78.0 Å². The lowest BCUT2D eigenvalue weighted by Crippen LogP contribution is -2.43. The fourth-order valence-corrected chi connectivity index (χ4v) is 3.29. The number of hydrogen-bond donors (Lipinski definition) is 1. The summed E-state index contributed by atoms with van der Waals surface area (Å²) in [4.78, 5) is 0. The van der Waals surface area contributed by atoms with Crippen LogP contribution < -0.4 is 5.32 Å². The summed E-state index contributed by atoms with van der Waals surface area (Å²) in [6, 6.07) is 0.578. The van der Waals surface area contributed by atoms with Crippen LogP contribution in [0.3, 0.4) is 0 Å². The highest BCUT2D eigenvalue weighted by Gasteiger charge is 2.48. The fraction of sp³-hybridized carbons (Fsp3) is 1.00. The lowest BCUT2D eigenvalue weighted by Gasteiger charge is -2.33. The van der Waals surface area contributed by atoms with Crippen LogP contribution in [0, 0.1) is 11.8 Å². The quantitative estimate of drug-likeness (QED) is 0.794. The molecule has 1 heterocycles. The lowest BCUT2D eigenvalue weighted by molar-refractivity contribution is -0.0778. The predicted octanol–water partition coefficient (Wildman–Crippen LogP) is 3.60. The second kappa shape index (κ2) is 5.27. The van der Waals surface area contributed by atoms with Crippen LogP contribution in [0.25, 0.3) is 0 Å². The molecule has 102 valence electrons. The zero-order valence-electron chi connectivity index (χ0n) is 12.8. The van der Waals surface area contributed by atoms with Gasteiger partial charge in [-0.2, -0.15) is 0 Å². The van der Waals surface area contributed by atoms with Gasteiger partial charge in [-0.25, -0.2) is 0 Å². The van der Waals surface area contributed by atoms with Gasteiger partial charge in [0.15, 0.2) is 0 Å². The molecular weight excluding hydrogens is 210 g/mol. The lowest BCUT2D eigenvalue weighted by atomic mass is 9.79. The second-order valence-electron chi connectivity index (χ2n) is 7.14. The van der Waals surface area contributed by atoms with Crippen LogP contribution in [-0.2, 0) is 4.74 Å². The summed E-state index contributed by atoms with van der Waals surface area (Å²) in [7, 11) is 2.09. The standard InChI is InChI=1S/C15H31NO/c1-11(2)8-9-13(16-7)12-10-14(3,4)17-15(12,5)6/h11-13,16H,8-10H2,1-7H3. The van der Waals surface area contributed by atoms with Gasteiger partial charge in [0.05, 0.1) is 11.2 Å². The van der Waals surface area contributed by atoms with Gasteiger partial charge in [0, 0.05) is 12.0 Å². The Kier molecular flexibility index (Phi) is 4.65. The van der Waals surface area contributed by atoms with E-state index in [9.17, 15) is 0 Å². The molecule has 2 heteroatoms. The maximum absolute atomic E-state index is 6.20. The molecule has 2 unspecified atom stereocenters. The van der Waals surface area contributed by atoms with E-state index in [1.807, 2.05) is 0 Å². The van der Waals surface area contributed by atoms with Gasteiger partial charge >= 0.3 is 0 Å². The topological polar surface area (TPSA) is 21.3 Å². The van der Waals surface area contributed by atoms with Crippen molar-refractivity contribution in [3.63, 3.8) is 0 Å². The normalized spacial score (nSPS) is 28.6. The molecule has 1 rings (SSSR count). The molecule has 0 spiro atoms. The second-order valence-corrected chi connectivity index (χ2v) is 7.14. The first-order valence-electron chi connectivity index (χ1n) is 7.05. The van der Waals surface area contributed by atoms with Gasteiger partial charge in [0.1, 0.15) is 0 Å². The molecule has 0 amide bonds. The van der Waals surface area contributed by atoms with Crippen LogP contribution in [0.4, 0.5) is 0 Å². The number of ether oxygens (including phenoxy) is 1. The molecule has 17 heavy (non-hydrogen) atoms. The van der Waals surface area contributed by atoms with E-state index in [0.717, 1.165) is 12.3 Å². The summed E-state index contributed by atoms with van der Waals surface area (Å²) in [6.45, 7) is 13.5. The van der Waals surface area contributed by atoms with Crippen molar-refractivity contribution in [3.05, 3.63) is 0 Å². The Hall–Kier alpha value is -0.0800. The fourth-order valence-electron chi connectivity index (χ4n) is 3.29. The van der Waals surface area contributed by atoms with E-state index >= 15 is 0 Å². The minimum Gasteiger partial charge on any atom is -0.369 e. The van der Waals surface area contributed by atoms with E-state index in [0.29, 0.717) is 12.0 Å². The van der Waals surface area contributed by atoms with Crippen LogP contribution in [0.15, 0.2) is 0 Å². The van der Waals surface area contributed by atoms with Crippen LogP contribution >= 0.6 is 0 Å². The first-order chi connectivity index (χ1) is 7.68. The molecule has 0 radical (unpaired) electrons. The molecule has 0 aromatic heterocycles. The third kappa shape index (κ3) is 3.96. The molecule has 1 N–H and O–H groups in total. The minimum atomic E-state index is -0.00580. The van der Waals surface area contributed by atoms with Crippen LogP contribution in [0.1, 0.15) is 60.8 Å². The van der Waals surface area contributed by atoms with E-state index in [-0.39, 0.29) is 11.2 Å². The maximum atomic E-state index is 6.20. The SMILES string of the molecule is CNC(CCC(C)C)C1CC(C)(C)OC1(C)C. The Labute approximate surface area is 108 Å². The van der Waals surface area contributed by atoms with E-state index in [1.165, 1.54) is 12.8 Å². The van der Waals surface area contributed by atoms with Gasteiger partial charge in [-0.3, -0.25) is 0 Å². The average molecular weight is 241 g/mol. The summed E-state index contributed by atoms with van der Waals surface area (Å²) in [6.07, 6.45) is 3.70. The van der Waals surface area contributed by atoms with Crippen molar-refractivity contribution in [1.82, 2.24) is 5.32 Å². The van der Waals surface area contributed by atoms with Crippen molar-refractivity contribution in [3.8, 4) is 0 Å². The van der Waals surface area contributed by atoms with Crippen molar-refractivity contribution in [2.24, 2.45) is 11.8 Å². The Morgan fingerprint density at radius 2 is 1.76 bits per heavy atom. The zero-order valence-corrected chi connectivity index (χ0v) is 12.8. The summed E-state index contributed by atoms with van der Waals surface area (Å²) >= 11 is 0. The van der Waals surface area contributed by atoms with E-state index in [1.54, 1.807) is 0 Å². The predicted molar refractivity (Wildman–Crippen MR) is 74.3 cm³/mol. The Bertz CT molecular complexity index is 245. The third-order valence-corrected chi connectivity index (χ3v) is 4.06. The largest absolute Gasteiger partial charge is 0.369 e. The summed E-state index contributed by atoms with van der Waals surface area (Å²) < 4.78 is 6.20. The molecule has 2 atom stereocenters. The summed E-state index contributed by atoms with van der Waals surface area (Å²) in [5.74, 6) is 1.39. The van der Waals surface area contributed by atoms with E-state index in [2.05, 4.69) is 53.9 Å². The van der Waals surface area contributed by atoms with Gasteiger partial charge in [-0.05, 0) is 59.9 Å².